The Morgan fingerprint density at radius 1 is 0.897 bits per heavy atom. The van der Waals surface area contributed by atoms with Crippen LogP contribution >= 0.6 is 0 Å². The van der Waals surface area contributed by atoms with Crippen molar-refractivity contribution < 1.29 is 19.4 Å². The molecule has 0 fully saturated rings. The highest BCUT2D eigenvalue weighted by Gasteiger charge is 2.32. The molecule has 0 amide bonds. The third kappa shape index (κ3) is 5.78. The van der Waals surface area contributed by atoms with Crippen LogP contribution in [0.3, 0.4) is 0 Å². The lowest BCUT2D eigenvalue weighted by atomic mass is 10.2. The number of carbonyl (C=O) groups excluding carboxylic acids is 1. The maximum Gasteiger partial charge on any atom is 0.344 e. The van der Waals surface area contributed by atoms with Crippen molar-refractivity contribution in [3.05, 3.63) is 78.9 Å². The predicted molar refractivity (Wildman–Crippen MR) is 114 cm³/mol. The molecule has 0 atom stereocenters. The van der Waals surface area contributed by atoms with E-state index in [1.807, 2.05) is 63.2 Å². The molecular formula is C24H25O4S+. The Morgan fingerprint density at radius 3 is 1.97 bits per heavy atom. The van der Waals surface area contributed by atoms with Gasteiger partial charge in [-0.2, -0.15) is 0 Å². The molecule has 4 nitrogen and oxygen atoms in total. The van der Waals surface area contributed by atoms with Gasteiger partial charge < -0.3 is 14.6 Å². The fraction of sp³-hybridized carbons (Fsp3) is 0.208. The smallest absolute Gasteiger partial charge is 0.344 e. The Hall–Kier alpha value is -2.92. The summed E-state index contributed by atoms with van der Waals surface area (Å²) in [5.74, 6) is 0.0932. The fourth-order valence-corrected chi connectivity index (χ4v) is 4.95. The molecule has 3 aromatic rings. The number of rotatable bonds is 6. The third-order valence-corrected chi connectivity index (χ3v) is 6.13. The van der Waals surface area contributed by atoms with E-state index in [1.54, 1.807) is 12.1 Å². The molecule has 29 heavy (non-hydrogen) atoms. The van der Waals surface area contributed by atoms with E-state index in [0.29, 0.717) is 5.75 Å². The molecule has 1 N–H and O–H groups in total. The van der Waals surface area contributed by atoms with Gasteiger partial charge in [0, 0.05) is 12.1 Å². The van der Waals surface area contributed by atoms with Crippen molar-refractivity contribution in [3.8, 4) is 11.5 Å². The van der Waals surface area contributed by atoms with Crippen molar-refractivity contribution in [1.29, 1.82) is 0 Å². The van der Waals surface area contributed by atoms with Gasteiger partial charge in [-0.15, -0.1) is 0 Å². The zero-order valence-corrected chi connectivity index (χ0v) is 17.6. The normalized spacial score (nSPS) is 11.3. The first kappa shape index (κ1) is 20.8. The van der Waals surface area contributed by atoms with E-state index in [9.17, 15) is 9.90 Å². The first-order valence-electron chi connectivity index (χ1n) is 9.35. The molecule has 0 aromatic heterocycles. The fourth-order valence-electron chi connectivity index (χ4n) is 2.79. The maximum atomic E-state index is 12.1. The van der Waals surface area contributed by atoms with Crippen LogP contribution < -0.4 is 4.74 Å². The molecule has 3 rings (SSSR count). The summed E-state index contributed by atoms with van der Waals surface area (Å²) in [5.41, 5.74) is -0.583. The van der Waals surface area contributed by atoms with Gasteiger partial charge in [0.1, 0.15) is 22.2 Å². The Bertz CT molecular complexity index is 910. The van der Waals surface area contributed by atoms with Gasteiger partial charge in [-0.1, -0.05) is 36.4 Å². The highest BCUT2D eigenvalue weighted by atomic mass is 32.2. The van der Waals surface area contributed by atoms with E-state index >= 15 is 0 Å². The second kappa shape index (κ2) is 9.05. The van der Waals surface area contributed by atoms with Crippen LogP contribution in [-0.2, 0) is 20.4 Å². The van der Waals surface area contributed by atoms with Crippen LogP contribution in [0.2, 0.25) is 0 Å². The molecule has 5 heteroatoms. The molecule has 0 saturated heterocycles. The zero-order valence-electron chi connectivity index (χ0n) is 16.8. The average molecular weight is 410 g/mol. The van der Waals surface area contributed by atoms with Crippen molar-refractivity contribution >= 4 is 16.9 Å². The topological polar surface area (TPSA) is 55.8 Å². The van der Waals surface area contributed by atoms with Crippen molar-refractivity contribution in [2.24, 2.45) is 0 Å². The summed E-state index contributed by atoms with van der Waals surface area (Å²) in [6.45, 7) is 5.21. The summed E-state index contributed by atoms with van der Waals surface area (Å²) in [5, 5.41) is 10.0. The molecule has 0 aliphatic heterocycles. The highest BCUT2D eigenvalue weighted by molar-refractivity contribution is 7.97. The number of carbonyl (C=O) groups is 1. The quantitative estimate of drug-likeness (QED) is 0.449. The van der Waals surface area contributed by atoms with E-state index in [2.05, 4.69) is 24.3 Å². The van der Waals surface area contributed by atoms with E-state index in [1.165, 1.54) is 0 Å². The average Bonchev–Trinajstić information content (AvgIpc) is 2.68. The largest absolute Gasteiger partial charge is 0.508 e. The Morgan fingerprint density at radius 2 is 1.45 bits per heavy atom. The first-order chi connectivity index (χ1) is 13.8. The van der Waals surface area contributed by atoms with Gasteiger partial charge in [0.2, 0.25) is 4.90 Å². The molecule has 0 aliphatic carbocycles. The van der Waals surface area contributed by atoms with Crippen LogP contribution in [-0.4, -0.2) is 23.3 Å². The minimum Gasteiger partial charge on any atom is -0.508 e. The number of hydrogen-bond donors (Lipinski definition) is 1. The minimum absolute atomic E-state index is 0.0811. The van der Waals surface area contributed by atoms with Crippen molar-refractivity contribution in [1.82, 2.24) is 0 Å². The molecule has 0 radical (unpaired) electrons. The second-order valence-electron chi connectivity index (χ2n) is 7.44. The van der Waals surface area contributed by atoms with Crippen LogP contribution in [0.4, 0.5) is 0 Å². The zero-order chi connectivity index (χ0) is 20.9. The van der Waals surface area contributed by atoms with Gasteiger partial charge in [-0.05, 0) is 51.1 Å². The molecule has 0 saturated carbocycles. The molecular weight excluding hydrogens is 384 g/mol. The van der Waals surface area contributed by atoms with E-state index in [-0.39, 0.29) is 12.4 Å². The summed E-state index contributed by atoms with van der Waals surface area (Å²) < 4.78 is 11.2. The third-order valence-electron chi connectivity index (χ3n) is 3.87. The lowest BCUT2D eigenvalue weighted by Gasteiger charge is -2.19. The Kier molecular flexibility index (Phi) is 6.49. The van der Waals surface area contributed by atoms with Gasteiger partial charge >= 0.3 is 5.97 Å². The number of phenols is 1. The van der Waals surface area contributed by atoms with Crippen LogP contribution in [0, 0.1) is 0 Å². The Labute approximate surface area is 174 Å². The van der Waals surface area contributed by atoms with E-state index < -0.39 is 22.5 Å². The number of benzene rings is 3. The van der Waals surface area contributed by atoms with Crippen LogP contribution in [0.1, 0.15) is 20.8 Å². The molecule has 0 aliphatic rings. The minimum atomic E-state index is -0.583. The monoisotopic (exact) mass is 409 g/mol. The lowest BCUT2D eigenvalue weighted by molar-refractivity contribution is -0.157. The molecule has 0 heterocycles. The Balaban J connectivity index is 1.98. The summed E-state index contributed by atoms with van der Waals surface area (Å²) in [6, 6.07) is 25.3. The number of hydrogen-bond acceptors (Lipinski definition) is 4. The molecule has 0 unspecified atom stereocenters. The van der Waals surface area contributed by atoms with Crippen LogP contribution in [0.15, 0.2) is 93.5 Å². The van der Waals surface area contributed by atoms with E-state index in [4.69, 9.17) is 9.47 Å². The van der Waals surface area contributed by atoms with Gasteiger partial charge in [0.25, 0.3) is 0 Å². The molecule has 0 spiro atoms. The number of esters is 1. The van der Waals surface area contributed by atoms with E-state index in [0.717, 1.165) is 14.7 Å². The van der Waals surface area contributed by atoms with Crippen molar-refractivity contribution in [2.45, 2.75) is 41.1 Å². The second-order valence-corrected chi connectivity index (χ2v) is 9.43. The molecule has 0 bridgehead atoms. The van der Waals surface area contributed by atoms with Crippen molar-refractivity contribution in [2.75, 3.05) is 6.61 Å². The maximum absolute atomic E-state index is 12.1. The number of phenolic OH excluding ortho intramolecular Hbond substituents is 1. The number of ether oxygens (including phenoxy) is 2. The summed E-state index contributed by atoms with van der Waals surface area (Å²) in [4.78, 5) is 15.3. The van der Waals surface area contributed by atoms with Gasteiger partial charge in [-0.3, -0.25) is 0 Å². The van der Waals surface area contributed by atoms with Crippen LogP contribution in [0.25, 0.3) is 0 Å². The van der Waals surface area contributed by atoms with Gasteiger partial charge in [0.05, 0.1) is 0 Å². The van der Waals surface area contributed by atoms with Gasteiger partial charge in [0.15, 0.2) is 22.1 Å². The number of aromatic hydroxyl groups is 1. The first-order valence-corrected chi connectivity index (χ1v) is 10.6. The summed E-state index contributed by atoms with van der Waals surface area (Å²) >= 11 is 0. The molecule has 3 aromatic carbocycles. The lowest BCUT2D eigenvalue weighted by Crippen LogP contribution is -2.27. The van der Waals surface area contributed by atoms with Crippen LogP contribution in [0.5, 0.6) is 11.5 Å². The SMILES string of the molecule is CC(C)(C)OC(=O)COc1cc(O)ccc1[S+](c1ccccc1)c1ccccc1. The summed E-state index contributed by atoms with van der Waals surface area (Å²) in [7, 11) is -0.456. The summed E-state index contributed by atoms with van der Waals surface area (Å²) in [6.07, 6.45) is 0. The highest BCUT2D eigenvalue weighted by Crippen LogP contribution is 2.38. The molecule has 150 valence electrons. The van der Waals surface area contributed by atoms with Crippen molar-refractivity contribution in [3.63, 3.8) is 0 Å². The predicted octanol–water partition coefficient (Wildman–Crippen LogP) is 5.21. The van der Waals surface area contributed by atoms with Gasteiger partial charge in [-0.25, -0.2) is 4.79 Å². The standard InChI is InChI=1S/C24H24O4S/c1-24(2,3)28-23(26)17-27-21-16-18(25)14-15-22(21)29(19-10-6-4-7-11-19)20-12-8-5-9-13-20/h4-16H,17H2,1-3H3/p+1.